The number of rotatable bonds is 4. The van der Waals surface area contributed by atoms with Crippen molar-refractivity contribution in [2.45, 2.75) is 37.6 Å². The van der Waals surface area contributed by atoms with E-state index in [0.29, 0.717) is 11.1 Å². The smallest absolute Gasteiger partial charge is 0.405 e. The molecule has 1 spiro atoms. The number of aryl methyl sites for hydroxylation is 1. The van der Waals surface area contributed by atoms with E-state index in [1.54, 1.807) is 24.3 Å². The zero-order chi connectivity index (χ0) is 19.2. The van der Waals surface area contributed by atoms with Crippen LogP contribution in [0.4, 0.5) is 13.6 Å². The SMILES string of the molecule is O=C[C@@]1(NC(=O)O)c2ccc(-c3cccc(C(F)F)c3)cc2CCC12CC2. The molecule has 0 unspecified atom stereocenters. The zero-order valence-corrected chi connectivity index (χ0v) is 14.5. The lowest BCUT2D eigenvalue weighted by atomic mass is 9.67. The lowest BCUT2D eigenvalue weighted by Gasteiger charge is -2.42. The highest BCUT2D eigenvalue weighted by Gasteiger charge is 2.63. The Labute approximate surface area is 155 Å². The molecule has 2 aromatic carbocycles. The van der Waals surface area contributed by atoms with Crippen molar-refractivity contribution in [3.8, 4) is 11.1 Å². The van der Waals surface area contributed by atoms with Crippen LogP contribution in [0.15, 0.2) is 42.5 Å². The van der Waals surface area contributed by atoms with Crippen molar-refractivity contribution in [3.05, 3.63) is 59.2 Å². The van der Waals surface area contributed by atoms with Crippen LogP contribution in [0, 0.1) is 5.41 Å². The fourth-order valence-corrected chi connectivity index (χ4v) is 4.46. The summed E-state index contributed by atoms with van der Waals surface area (Å²) in [5.41, 5.74) is 1.37. The number of carbonyl (C=O) groups is 2. The normalized spacial score (nSPS) is 22.3. The van der Waals surface area contributed by atoms with E-state index >= 15 is 0 Å². The Hall–Kier alpha value is -2.76. The third-order valence-corrected chi connectivity index (χ3v) is 6.05. The first kappa shape index (κ1) is 17.6. The number of aldehydes is 1. The van der Waals surface area contributed by atoms with Gasteiger partial charge in [-0.25, -0.2) is 13.6 Å². The van der Waals surface area contributed by atoms with Gasteiger partial charge in [0.25, 0.3) is 6.43 Å². The summed E-state index contributed by atoms with van der Waals surface area (Å²) in [7, 11) is 0. The number of carbonyl (C=O) groups excluding carboxylic acids is 1. The summed E-state index contributed by atoms with van der Waals surface area (Å²) in [5, 5.41) is 11.8. The summed E-state index contributed by atoms with van der Waals surface area (Å²) in [6.45, 7) is 0. The molecule has 0 aromatic heterocycles. The van der Waals surface area contributed by atoms with Crippen molar-refractivity contribution in [1.82, 2.24) is 5.32 Å². The van der Waals surface area contributed by atoms with E-state index in [9.17, 15) is 23.5 Å². The van der Waals surface area contributed by atoms with Crippen molar-refractivity contribution < 1.29 is 23.5 Å². The quantitative estimate of drug-likeness (QED) is 0.767. The van der Waals surface area contributed by atoms with Crippen LogP contribution in [0.25, 0.3) is 11.1 Å². The Bertz CT molecular complexity index is 923. The highest BCUT2D eigenvalue weighted by atomic mass is 19.3. The van der Waals surface area contributed by atoms with E-state index in [1.807, 2.05) is 6.07 Å². The molecule has 4 nitrogen and oxygen atoms in total. The number of fused-ring (bicyclic) bond motifs is 1. The van der Waals surface area contributed by atoms with Crippen LogP contribution in [0.1, 0.15) is 42.4 Å². The zero-order valence-electron chi connectivity index (χ0n) is 14.5. The number of alkyl halides is 2. The second-order valence-electron chi connectivity index (χ2n) is 7.43. The van der Waals surface area contributed by atoms with Gasteiger partial charge in [-0.05, 0) is 54.0 Å². The summed E-state index contributed by atoms with van der Waals surface area (Å²) < 4.78 is 26.0. The van der Waals surface area contributed by atoms with Crippen LogP contribution in [-0.4, -0.2) is 17.5 Å². The summed E-state index contributed by atoms with van der Waals surface area (Å²) in [6, 6.07) is 11.6. The molecule has 1 atom stereocenters. The number of hydrogen-bond acceptors (Lipinski definition) is 2. The number of carboxylic acid groups (broad SMARTS) is 1. The molecular weight excluding hydrogens is 352 g/mol. The van der Waals surface area contributed by atoms with Crippen molar-refractivity contribution in [3.63, 3.8) is 0 Å². The van der Waals surface area contributed by atoms with Crippen molar-refractivity contribution >= 4 is 12.4 Å². The topological polar surface area (TPSA) is 66.4 Å². The van der Waals surface area contributed by atoms with E-state index in [1.165, 1.54) is 12.1 Å². The summed E-state index contributed by atoms with van der Waals surface area (Å²) in [6.07, 6.45) is 0.0275. The minimum Gasteiger partial charge on any atom is -0.465 e. The van der Waals surface area contributed by atoms with E-state index < -0.39 is 18.1 Å². The van der Waals surface area contributed by atoms with E-state index in [-0.39, 0.29) is 11.0 Å². The molecule has 0 bridgehead atoms. The number of benzene rings is 2. The van der Waals surface area contributed by atoms with Crippen LogP contribution in [0.2, 0.25) is 0 Å². The average Bonchev–Trinajstić information content (AvgIpc) is 3.45. The third kappa shape index (κ3) is 2.71. The maximum atomic E-state index is 13.0. The molecule has 2 N–H and O–H groups in total. The number of halogens is 2. The molecule has 0 radical (unpaired) electrons. The van der Waals surface area contributed by atoms with Gasteiger partial charge in [-0.15, -0.1) is 0 Å². The molecule has 0 saturated heterocycles. The highest BCUT2D eigenvalue weighted by molar-refractivity contribution is 5.81. The minimum absolute atomic E-state index is 0.0445. The van der Waals surface area contributed by atoms with Gasteiger partial charge in [-0.3, -0.25) is 0 Å². The van der Waals surface area contributed by atoms with Crippen LogP contribution in [-0.2, 0) is 16.8 Å². The number of nitrogens with one attached hydrogen (secondary N) is 1. The van der Waals surface area contributed by atoms with Gasteiger partial charge >= 0.3 is 6.09 Å². The predicted octanol–water partition coefficient (Wildman–Crippen LogP) is 4.68. The Morgan fingerprint density at radius 2 is 1.85 bits per heavy atom. The van der Waals surface area contributed by atoms with Gasteiger partial charge in [-0.1, -0.05) is 36.4 Å². The van der Waals surface area contributed by atoms with E-state index in [0.717, 1.165) is 43.1 Å². The first-order chi connectivity index (χ1) is 12.9. The Morgan fingerprint density at radius 3 is 2.48 bits per heavy atom. The van der Waals surface area contributed by atoms with Gasteiger partial charge in [0, 0.05) is 11.0 Å². The maximum absolute atomic E-state index is 13.0. The molecule has 140 valence electrons. The predicted molar refractivity (Wildman–Crippen MR) is 95.7 cm³/mol. The van der Waals surface area contributed by atoms with E-state index in [2.05, 4.69) is 5.32 Å². The molecule has 4 rings (SSSR count). The molecule has 1 amide bonds. The molecule has 2 aliphatic carbocycles. The van der Waals surface area contributed by atoms with Crippen LogP contribution in [0.3, 0.4) is 0 Å². The van der Waals surface area contributed by atoms with Crippen LogP contribution >= 0.6 is 0 Å². The Kier molecular flexibility index (Phi) is 4.02. The van der Waals surface area contributed by atoms with Gasteiger partial charge in [-0.2, -0.15) is 0 Å². The summed E-state index contributed by atoms with van der Waals surface area (Å²) in [4.78, 5) is 23.5. The molecule has 0 heterocycles. The molecule has 1 saturated carbocycles. The highest BCUT2D eigenvalue weighted by Crippen LogP contribution is 2.63. The summed E-state index contributed by atoms with van der Waals surface area (Å²) >= 11 is 0. The average molecular weight is 371 g/mol. The third-order valence-electron chi connectivity index (χ3n) is 6.05. The van der Waals surface area contributed by atoms with E-state index in [4.69, 9.17) is 0 Å². The molecule has 2 aliphatic rings. The largest absolute Gasteiger partial charge is 0.465 e. The van der Waals surface area contributed by atoms with Gasteiger partial charge in [0.05, 0.1) is 0 Å². The van der Waals surface area contributed by atoms with Gasteiger partial charge in [0.15, 0.2) is 6.29 Å². The van der Waals surface area contributed by atoms with Crippen molar-refractivity contribution in [1.29, 1.82) is 0 Å². The fourth-order valence-electron chi connectivity index (χ4n) is 4.46. The lowest BCUT2D eigenvalue weighted by molar-refractivity contribution is -0.116. The maximum Gasteiger partial charge on any atom is 0.405 e. The van der Waals surface area contributed by atoms with Crippen molar-refractivity contribution in [2.24, 2.45) is 5.41 Å². The Morgan fingerprint density at radius 1 is 1.11 bits per heavy atom. The molecule has 0 aliphatic heterocycles. The standard InChI is InChI=1S/C21H19F2NO3/c22-18(23)16-3-1-2-13(11-16)14-4-5-17-15(10-14)6-7-20(8-9-20)21(17,12-25)24-19(26)27/h1-5,10-12,18,24H,6-9H2,(H,26,27)/t21-/m1/s1. The van der Waals surface area contributed by atoms with Gasteiger partial charge < -0.3 is 15.2 Å². The molecule has 1 fully saturated rings. The molecule has 27 heavy (non-hydrogen) atoms. The van der Waals surface area contributed by atoms with Crippen LogP contribution in [0.5, 0.6) is 0 Å². The first-order valence-electron chi connectivity index (χ1n) is 8.90. The summed E-state index contributed by atoms with van der Waals surface area (Å²) in [5.74, 6) is 0. The first-order valence-corrected chi connectivity index (χ1v) is 8.90. The second kappa shape index (κ2) is 6.15. The molecular formula is C21H19F2NO3. The van der Waals surface area contributed by atoms with Crippen molar-refractivity contribution in [2.75, 3.05) is 0 Å². The Balaban J connectivity index is 1.80. The fraction of sp³-hybridized carbons (Fsp3) is 0.333. The van der Waals surface area contributed by atoms with Gasteiger partial charge in [0.1, 0.15) is 5.54 Å². The number of amides is 1. The molecule has 6 heteroatoms. The monoisotopic (exact) mass is 371 g/mol. The second-order valence-corrected chi connectivity index (χ2v) is 7.43. The minimum atomic E-state index is -2.54. The van der Waals surface area contributed by atoms with Crippen LogP contribution < -0.4 is 5.32 Å². The number of hydrogen-bond donors (Lipinski definition) is 2. The molecule has 2 aromatic rings. The lowest BCUT2D eigenvalue weighted by Crippen LogP contribution is -2.55. The van der Waals surface area contributed by atoms with Gasteiger partial charge in [0.2, 0.25) is 0 Å².